The van der Waals surface area contributed by atoms with Crippen LogP contribution in [0.1, 0.15) is 22.3 Å². The van der Waals surface area contributed by atoms with Crippen molar-refractivity contribution in [2.75, 3.05) is 0 Å². The molecule has 9 aromatic carbocycles. The lowest BCUT2D eigenvalue weighted by molar-refractivity contribution is 0.769. The third-order valence-electron chi connectivity index (χ3n) is 11.4. The molecule has 0 aliphatic heterocycles. The van der Waals surface area contributed by atoms with E-state index >= 15 is 0 Å². The first-order valence-electron chi connectivity index (χ1n) is 18.5. The van der Waals surface area contributed by atoms with Crippen LogP contribution in [0.4, 0.5) is 0 Å². The molecule has 1 nitrogen and oxygen atoms in total. The van der Waals surface area contributed by atoms with Gasteiger partial charge in [-0.15, -0.1) is 11.3 Å². The summed E-state index contributed by atoms with van der Waals surface area (Å²) in [4.78, 5) is 5.07. The summed E-state index contributed by atoms with van der Waals surface area (Å²) in [6.07, 6.45) is 0. The van der Waals surface area contributed by atoms with Crippen molar-refractivity contribution in [2.24, 2.45) is 0 Å². The van der Waals surface area contributed by atoms with Crippen molar-refractivity contribution in [1.29, 1.82) is 0 Å². The van der Waals surface area contributed by atoms with Gasteiger partial charge in [-0.3, -0.25) is 0 Å². The fourth-order valence-corrected chi connectivity index (χ4v) is 10.0. The molecule has 1 aliphatic carbocycles. The lowest BCUT2D eigenvalue weighted by atomic mass is 9.67. The Balaban J connectivity index is 1.07. The van der Waals surface area contributed by atoms with Gasteiger partial charge in [0.05, 0.1) is 15.6 Å². The first-order valence-corrected chi connectivity index (χ1v) is 19.4. The Kier molecular flexibility index (Phi) is 7.01. The lowest BCUT2D eigenvalue weighted by Gasteiger charge is -2.34. The van der Waals surface area contributed by atoms with Crippen molar-refractivity contribution in [3.05, 3.63) is 222 Å². The number of fused-ring (bicyclic) bond motifs is 8. The predicted molar refractivity (Wildman–Crippen MR) is 228 cm³/mol. The van der Waals surface area contributed by atoms with Crippen LogP contribution in [0, 0.1) is 0 Å². The van der Waals surface area contributed by atoms with Crippen LogP contribution in [0.2, 0.25) is 0 Å². The zero-order chi connectivity index (χ0) is 35.6. The molecule has 0 spiro atoms. The van der Waals surface area contributed by atoms with E-state index in [1.807, 2.05) is 0 Å². The molecule has 0 atom stereocenters. The van der Waals surface area contributed by atoms with Crippen molar-refractivity contribution in [2.45, 2.75) is 5.41 Å². The molecular formula is C52H33NS. The molecule has 0 N–H and O–H groups in total. The molecule has 1 aromatic heterocycles. The zero-order valence-electron chi connectivity index (χ0n) is 29.4. The van der Waals surface area contributed by atoms with Crippen molar-refractivity contribution < 1.29 is 0 Å². The van der Waals surface area contributed by atoms with Crippen LogP contribution in [0.25, 0.3) is 75.7 Å². The molecular weight excluding hydrogens is 671 g/mol. The van der Waals surface area contributed by atoms with E-state index in [2.05, 4.69) is 200 Å². The number of thiazole rings is 1. The number of hydrogen-bond acceptors (Lipinski definition) is 2. The Hall–Kier alpha value is -6.61. The summed E-state index contributed by atoms with van der Waals surface area (Å²) in [6, 6.07) is 73.5. The maximum atomic E-state index is 5.07. The van der Waals surface area contributed by atoms with Crippen LogP contribution in [0.3, 0.4) is 0 Å². The largest absolute Gasteiger partial charge is 0.236 e. The van der Waals surface area contributed by atoms with E-state index in [1.54, 1.807) is 11.3 Å². The molecule has 0 bridgehead atoms. The van der Waals surface area contributed by atoms with Crippen molar-refractivity contribution >= 4 is 43.1 Å². The van der Waals surface area contributed by atoms with Crippen LogP contribution < -0.4 is 0 Å². The number of rotatable bonds is 5. The average molecular weight is 704 g/mol. The quantitative estimate of drug-likeness (QED) is 0.163. The minimum Gasteiger partial charge on any atom is -0.236 e. The Morgan fingerprint density at radius 1 is 0.389 bits per heavy atom. The minimum atomic E-state index is -0.427. The zero-order valence-corrected chi connectivity index (χ0v) is 30.2. The smallest absolute Gasteiger partial charge is 0.124 e. The number of nitrogens with zero attached hydrogens (tertiary/aromatic N) is 1. The second-order valence-electron chi connectivity index (χ2n) is 14.3. The standard InChI is InChI=1S/C52H33NS/c1-4-13-36(14-5-1)51-53-48-30-28-35-25-23-34-24-26-39(32-45(34)49(35)50(48)54-51)37-15-12-16-38(31-37)40-27-29-44-43-21-10-11-22-46(43)52(47(44)33-40,41-17-6-2-7-18-41)42-19-8-3-9-20-42/h1-33H. The van der Waals surface area contributed by atoms with E-state index in [9.17, 15) is 0 Å². The second kappa shape index (κ2) is 12.2. The molecule has 54 heavy (non-hydrogen) atoms. The number of hydrogen-bond donors (Lipinski definition) is 0. The summed E-state index contributed by atoms with van der Waals surface area (Å²) in [6.45, 7) is 0. The topological polar surface area (TPSA) is 12.9 Å². The molecule has 0 amide bonds. The molecule has 0 radical (unpaired) electrons. The number of aromatic nitrogens is 1. The SMILES string of the molecule is c1ccc(-c2nc3ccc4ccc5ccc(-c6cccc(-c7ccc8c(c7)C(c7ccccc7)(c7ccccc7)c7ccccc7-8)c6)cc5c4c3s2)cc1. The molecule has 252 valence electrons. The summed E-state index contributed by atoms with van der Waals surface area (Å²) in [5.41, 5.74) is 14.4. The number of benzene rings is 9. The molecule has 0 saturated heterocycles. The van der Waals surface area contributed by atoms with Crippen molar-refractivity contribution in [1.82, 2.24) is 4.98 Å². The average Bonchev–Trinajstić information content (AvgIpc) is 3.82. The van der Waals surface area contributed by atoms with Gasteiger partial charge in [0.1, 0.15) is 5.01 Å². The highest BCUT2D eigenvalue weighted by atomic mass is 32.1. The first-order chi connectivity index (χ1) is 26.8. The Bertz CT molecular complexity index is 2990. The normalized spacial score (nSPS) is 13.0. The van der Waals surface area contributed by atoms with Gasteiger partial charge in [0.2, 0.25) is 0 Å². The van der Waals surface area contributed by atoms with Gasteiger partial charge in [-0.05, 0) is 96.1 Å². The molecule has 0 saturated carbocycles. The van der Waals surface area contributed by atoms with Crippen LogP contribution in [-0.2, 0) is 5.41 Å². The Labute approximate surface area is 318 Å². The third kappa shape index (κ3) is 4.67. The molecule has 10 aromatic rings. The van der Waals surface area contributed by atoms with E-state index in [0.717, 1.165) is 16.1 Å². The molecule has 1 heterocycles. The van der Waals surface area contributed by atoms with Gasteiger partial charge in [-0.1, -0.05) is 176 Å². The van der Waals surface area contributed by atoms with Gasteiger partial charge in [0.25, 0.3) is 0 Å². The van der Waals surface area contributed by atoms with E-state index in [-0.39, 0.29) is 0 Å². The molecule has 1 aliphatic rings. The fourth-order valence-electron chi connectivity index (χ4n) is 8.91. The Morgan fingerprint density at radius 3 is 1.70 bits per heavy atom. The first kappa shape index (κ1) is 31.0. The van der Waals surface area contributed by atoms with Gasteiger partial charge in [-0.2, -0.15) is 0 Å². The van der Waals surface area contributed by atoms with Crippen LogP contribution in [-0.4, -0.2) is 4.98 Å². The van der Waals surface area contributed by atoms with Gasteiger partial charge >= 0.3 is 0 Å². The summed E-state index contributed by atoms with van der Waals surface area (Å²) in [7, 11) is 0. The molecule has 0 fully saturated rings. The van der Waals surface area contributed by atoms with E-state index in [4.69, 9.17) is 4.98 Å². The predicted octanol–water partition coefficient (Wildman–Crippen LogP) is 14.0. The van der Waals surface area contributed by atoms with Crippen LogP contribution >= 0.6 is 11.3 Å². The van der Waals surface area contributed by atoms with Gasteiger partial charge in [0, 0.05) is 10.9 Å². The maximum absolute atomic E-state index is 5.07. The highest BCUT2D eigenvalue weighted by Gasteiger charge is 2.46. The highest BCUT2D eigenvalue weighted by Crippen LogP contribution is 2.56. The second-order valence-corrected chi connectivity index (χ2v) is 15.3. The van der Waals surface area contributed by atoms with Gasteiger partial charge in [0.15, 0.2) is 0 Å². The van der Waals surface area contributed by atoms with E-state index < -0.39 is 5.41 Å². The van der Waals surface area contributed by atoms with E-state index in [0.29, 0.717) is 0 Å². The Morgan fingerprint density at radius 2 is 0.944 bits per heavy atom. The molecule has 2 heteroatoms. The van der Waals surface area contributed by atoms with Crippen molar-refractivity contribution in [3.8, 4) is 44.0 Å². The van der Waals surface area contributed by atoms with Crippen molar-refractivity contribution in [3.63, 3.8) is 0 Å². The summed E-state index contributed by atoms with van der Waals surface area (Å²) >= 11 is 1.79. The lowest BCUT2D eigenvalue weighted by Crippen LogP contribution is -2.28. The summed E-state index contributed by atoms with van der Waals surface area (Å²) in [5.74, 6) is 0. The van der Waals surface area contributed by atoms with Gasteiger partial charge in [-0.25, -0.2) is 4.98 Å². The highest BCUT2D eigenvalue weighted by molar-refractivity contribution is 7.22. The van der Waals surface area contributed by atoms with Crippen LogP contribution in [0.5, 0.6) is 0 Å². The summed E-state index contributed by atoms with van der Waals surface area (Å²) in [5, 5.41) is 6.07. The third-order valence-corrected chi connectivity index (χ3v) is 12.5. The van der Waals surface area contributed by atoms with Crippen LogP contribution in [0.15, 0.2) is 200 Å². The fraction of sp³-hybridized carbons (Fsp3) is 0.0192. The van der Waals surface area contributed by atoms with E-state index in [1.165, 1.54) is 81.9 Å². The molecule has 11 rings (SSSR count). The summed E-state index contributed by atoms with van der Waals surface area (Å²) < 4.78 is 1.24. The monoisotopic (exact) mass is 703 g/mol. The minimum absolute atomic E-state index is 0.427. The molecule has 0 unspecified atom stereocenters. The van der Waals surface area contributed by atoms with Gasteiger partial charge < -0.3 is 0 Å². The maximum Gasteiger partial charge on any atom is 0.124 e.